The van der Waals surface area contributed by atoms with Gasteiger partial charge in [0.05, 0.1) is 24.3 Å². The lowest BCUT2D eigenvalue weighted by atomic mass is 10.0. The number of aromatic amines is 1. The van der Waals surface area contributed by atoms with E-state index in [0.717, 1.165) is 7.11 Å². The Balaban J connectivity index is 2.43. The normalized spacial score (nSPS) is 14.1. The number of H-pyrrole nitrogens is 1. The zero-order valence-electron chi connectivity index (χ0n) is 10.0. The third-order valence-electron chi connectivity index (χ3n) is 2.75. The Morgan fingerprint density at radius 2 is 2.16 bits per heavy atom. The fourth-order valence-electron chi connectivity index (χ4n) is 1.70. The minimum atomic E-state index is -1.71. The average Bonchev–Trinajstić information content (AvgIpc) is 2.45. The van der Waals surface area contributed by atoms with E-state index in [1.807, 2.05) is 0 Å². The number of methoxy groups -OCH3 is 1. The number of benzene rings is 1. The van der Waals surface area contributed by atoms with Crippen molar-refractivity contribution in [2.75, 3.05) is 7.11 Å². The maximum atomic E-state index is 11.6. The van der Waals surface area contributed by atoms with Gasteiger partial charge in [-0.2, -0.15) is 0 Å². The van der Waals surface area contributed by atoms with Crippen LogP contribution in [0.15, 0.2) is 29.3 Å². The first kappa shape index (κ1) is 13.2. The molecule has 2 rings (SSSR count). The highest BCUT2D eigenvalue weighted by Gasteiger charge is 2.26. The molecular weight excluding hydrogens is 252 g/mol. The fourth-order valence-corrected chi connectivity index (χ4v) is 1.70. The number of fused-ring (bicyclic) bond motifs is 1. The van der Waals surface area contributed by atoms with Gasteiger partial charge in [0.25, 0.3) is 5.56 Å². The maximum Gasteiger partial charge on any atom is 0.337 e. The summed E-state index contributed by atoms with van der Waals surface area (Å²) in [4.78, 5) is 29.1. The fraction of sp³-hybridized carbons (Fsp3) is 0.250. The number of nitrogens with one attached hydrogen (secondary N) is 1. The molecular formula is C12H12N2O5. The Hall–Kier alpha value is -2.25. The van der Waals surface area contributed by atoms with Gasteiger partial charge in [0.1, 0.15) is 6.10 Å². The number of hydrogen-bond donors (Lipinski definition) is 3. The van der Waals surface area contributed by atoms with Crippen LogP contribution in [0.25, 0.3) is 10.9 Å². The number of esters is 1. The summed E-state index contributed by atoms with van der Waals surface area (Å²) in [6.07, 6.45) is -1.92. The van der Waals surface area contributed by atoms with Crippen molar-refractivity contribution in [3.63, 3.8) is 0 Å². The van der Waals surface area contributed by atoms with Crippen molar-refractivity contribution in [3.05, 3.63) is 40.4 Å². The number of carbonyl (C=O) groups is 1. The molecule has 7 nitrogen and oxygen atoms in total. The van der Waals surface area contributed by atoms with Crippen LogP contribution in [0, 0.1) is 0 Å². The third kappa shape index (κ3) is 2.47. The topological polar surface area (TPSA) is 113 Å². The van der Waals surface area contributed by atoms with Gasteiger partial charge in [-0.25, -0.2) is 9.78 Å². The number of carbonyl (C=O) groups excluding carboxylic acids is 1. The summed E-state index contributed by atoms with van der Waals surface area (Å²) < 4.78 is 4.34. The van der Waals surface area contributed by atoms with Crippen molar-refractivity contribution in [2.24, 2.45) is 0 Å². The molecule has 100 valence electrons. The lowest BCUT2D eigenvalue weighted by Crippen LogP contribution is -2.29. The van der Waals surface area contributed by atoms with Gasteiger partial charge in [0.15, 0.2) is 6.10 Å². The number of rotatable bonds is 3. The number of hydrogen-bond acceptors (Lipinski definition) is 6. The highest BCUT2D eigenvalue weighted by Crippen LogP contribution is 2.20. The molecule has 0 radical (unpaired) electrons. The first-order valence-corrected chi connectivity index (χ1v) is 5.46. The zero-order chi connectivity index (χ0) is 14.0. The van der Waals surface area contributed by atoms with Gasteiger partial charge in [-0.1, -0.05) is 6.07 Å². The molecule has 1 aromatic carbocycles. The van der Waals surface area contributed by atoms with E-state index in [2.05, 4.69) is 14.7 Å². The van der Waals surface area contributed by atoms with Crippen LogP contribution in [-0.4, -0.2) is 39.4 Å². The van der Waals surface area contributed by atoms with Crippen LogP contribution < -0.4 is 5.56 Å². The van der Waals surface area contributed by atoms with E-state index in [9.17, 15) is 19.8 Å². The van der Waals surface area contributed by atoms with Crippen molar-refractivity contribution in [2.45, 2.75) is 12.2 Å². The quantitative estimate of drug-likeness (QED) is 0.644. The van der Waals surface area contributed by atoms with Gasteiger partial charge in [-0.3, -0.25) is 4.79 Å². The minimum Gasteiger partial charge on any atom is -0.467 e. The van der Waals surface area contributed by atoms with E-state index >= 15 is 0 Å². The first-order valence-electron chi connectivity index (χ1n) is 5.46. The van der Waals surface area contributed by atoms with Gasteiger partial charge >= 0.3 is 5.97 Å². The van der Waals surface area contributed by atoms with E-state index in [0.29, 0.717) is 5.52 Å². The third-order valence-corrected chi connectivity index (χ3v) is 2.75. The molecule has 1 aromatic heterocycles. The summed E-state index contributed by atoms with van der Waals surface area (Å²) in [7, 11) is 1.10. The zero-order valence-corrected chi connectivity index (χ0v) is 10.0. The first-order chi connectivity index (χ1) is 9.04. The number of aromatic nitrogens is 2. The Morgan fingerprint density at radius 1 is 1.42 bits per heavy atom. The number of aliphatic hydroxyl groups excluding tert-OH is 2. The van der Waals surface area contributed by atoms with Gasteiger partial charge in [0, 0.05) is 0 Å². The van der Waals surface area contributed by atoms with E-state index in [1.54, 1.807) is 0 Å². The van der Waals surface area contributed by atoms with Crippen LogP contribution in [-0.2, 0) is 9.53 Å². The minimum absolute atomic E-state index is 0.226. The van der Waals surface area contributed by atoms with Crippen molar-refractivity contribution >= 4 is 16.9 Å². The summed E-state index contributed by atoms with van der Waals surface area (Å²) in [5.74, 6) is -0.951. The second kappa shape index (κ2) is 5.17. The Labute approximate surface area is 107 Å². The summed E-state index contributed by atoms with van der Waals surface area (Å²) in [5, 5.41) is 19.7. The van der Waals surface area contributed by atoms with Gasteiger partial charge in [0.2, 0.25) is 0 Å². The van der Waals surface area contributed by atoms with E-state index in [-0.39, 0.29) is 16.5 Å². The lowest BCUT2D eigenvalue weighted by molar-refractivity contribution is -0.156. The van der Waals surface area contributed by atoms with Gasteiger partial charge in [-0.05, 0) is 17.7 Å². The molecule has 2 aromatic rings. The molecule has 0 amide bonds. The molecule has 0 aliphatic carbocycles. The largest absolute Gasteiger partial charge is 0.467 e. The highest BCUT2D eigenvalue weighted by molar-refractivity contribution is 5.79. The molecule has 2 atom stereocenters. The molecule has 19 heavy (non-hydrogen) atoms. The smallest absolute Gasteiger partial charge is 0.337 e. The predicted octanol–water partition coefficient (Wildman–Crippen LogP) is -0.510. The number of nitrogens with zero attached hydrogens (tertiary/aromatic N) is 1. The van der Waals surface area contributed by atoms with Crippen molar-refractivity contribution in [3.8, 4) is 0 Å². The Bertz CT molecular complexity index is 666. The molecule has 0 saturated heterocycles. The van der Waals surface area contributed by atoms with E-state index < -0.39 is 18.2 Å². The van der Waals surface area contributed by atoms with Crippen molar-refractivity contribution in [1.82, 2.24) is 9.97 Å². The van der Waals surface area contributed by atoms with Crippen LogP contribution in [0.4, 0.5) is 0 Å². The SMILES string of the molecule is COC(=O)C(O)C(O)c1ccc2nc[nH]c(=O)c2c1. The van der Waals surface area contributed by atoms with E-state index in [1.165, 1.54) is 24.5 Å². The van der Waals surface area contributed by atoms with Crippen LogP contribution in [0.5, 0.6) is 0 Å². The van der Waals surface area contributed by atoms with E-state index in [4.69, 9.17) is 0 Å². The predicted molar refractivity (Wildman–Crippen MR) is 65.3 cm³/mol. The summed E-state index contributed by atoms with van der Waals surface area (Å²) in [6, 6.07) is 4.37. The van der Waals surface area contributed by atoms with Gasteiger partial charge in [-0.15, -0.1) is 0 Å². The van der Waals surface area contributed by atoms with Crippen LogP contribution in [0.3, 0.4) is 0 Å². The molecule has 0 aliphatic heterocycles. The molecule has 1 heterocycles. The molecule has 0 saturated carbocycles. The maximum absolute atomic E-state index is 11.6. The van der Waals surface area contributed by atoms with Crippen LogP contribution in [0.2, 0.25) is 0 Å². The van der Waals surface area contributed by atoms with Crippen LogP contribution >= 0.6 is 0 Å². The Morgan fingerprint density at radius 3 is 2.84 bits per heavy atom. The van der Waals surface area contributed by atoms with Crippen molar-refractivity contribution in [1.29, 1.82) is 0 Å². The lowest BCUT2D eigenvalue weighted by Gasteiger charge is -2.16. The molecule has 2 unspecified atom stereocenters. The molecule has 0 aliphatic rings. The average molecular weight is 264 g/mol. The summed E-state index contributed by atoms with van der Waals surface area (Å²) >= 11 is 0. The highest BCUT2D eigenvalue weighted by atomic mass is 16.5. The summed E-state index contributed by atoms with van der Waals surface area (Å²) in [5.41, 5.74) is 0.308. The standard InChI is InChI=1S/C12H12N2O5/c1-19-12(18)10(16)9(15)6-2-3-8-7(4-6)11(17)14-5-13-8/h2-5,9-10,15-16H,1H3,(H,13,14,17). The monoisotopic (exact) mass is 264 g/mol. The summed E-state index contributed by atoms with van der Waals surface area (Å²) in [6.45, 7) is 0. The second-order valence-corrected chi connectivity index (χ2v) is 3.92. The van der Waals surface area contributed by atoms with Crippen molar-refractivity contribution < 1.29 is 19.7 Å². The second-order valence-electron chi connectivity index (χ2n) is 3.92. The number of ether oxygens (including phenoxy) is 1. The molecule has 0 bridgehead atoms. The molecule has 3 N–H and O–H groups in total. The molecule has 7 heteroatoms. The Kier molecular flexibility index (Phi) is 3.59. The molecule has 0 spiro atoms. The van der Waals surface area contributed by atoms with Gasteiger partial charge < -0.3 is 19.9 Å². The van der Waals surface area contributed by atoms with Crippen LogP contribution in [0.1, 0.15) is 11.7 Å². The number of aliphatic hydroxyl groups is 2. The molecule has 0 fully saturated rings.